The van der Waals surface area contributed by atoms with Crippen LogP contribution in [0, 0.1) is 23.3 Å². The summed E-state index contributed by atoms with van der Waals surface area (Å²) in [5.41, 5.74) is -0.586. The number of thioether (sulfide) groups is 1. The number of allylic oxidation sites excluding steroid dienone is 2. The van der Waals surface area contributed by atoms with E-state index < -0.39 is 39.6 Å². The standard InChI is InChI=1S/C15H16F4S/c1-4-6-7-8-9(5-2)10-11(16)13(18)15(20-3)14(19)12(10)17/h4-5,9H,1-2,6-8H2,3H3. The van der Waals surface area contributed by atoms with Crippen molar-refractivity contribution in [1.82, 2.24) is 0 Å². The van der Waals surface area contributed by atoms with Crippen LogP contribution in [0.5, 0.6) is 0 Å². The molecule has 0 saturated heterocycles. The van der Waals surface area contributed by atoms with Crippen molar-refractivity contribution in [2.24, 2.45) is 0 Å². The largest absolute Gasteiger partial charge is 0.203 e. The molecule has 20 heavy (non-hydrogen) atoms. The fourth-order valence-corrected chi connectivity index (χ4v) is 2.53. The van der Waals surface area contributed by atoms with Gasteiger partial charge in [0.25, 0.3) is 0 Å². The fraction of sp³-hybridized carbons (Fsp3) is 0.333. The molecule has 1 unspecified atom stereocenters. The van der Waals surface area contributed by atoms with Gasteiger partial charge in [0.05, 0.1) is 4.90 Å². The molecule has 0 N–H and O–H groups in total. The second kappa shape index (κ2) is 7.53. The van der Waals surface area contributed by atoms with Crippen LogP contribution < -0.4 is 0 Å². The number of rotatable bonds is 7. The van der Waals surface area contributed by atoms with Crippen molar-refractivity contribution in [3.05, 3.63) is 54.1 Å². The minimum atomic E-state index is -1.35. The summed E-state index contributed by atoms with van der Waals surface area (Å²) in [6.07, 6.45) is 5.94. The minimum absolute atomic E-state index is 0.348. The van der Waals surface area contributed by atoms with Crippen molar-refractivity contribution in [2.75, 3.05) is 6.26 Å². The van der Waals surface area contributed by atoms with Crippen LogP contribution in [-0.4, -0.2) is 6.26 Å². The lowest BCUT2D eigenvalue weighted by atomic mass is 9.92. The lowest BCUT2D eigenvalue weighted by Gasteiger charge is -2.17. The summed E-state index contributed by atoms with van der Waals surface area (Å²) in [5.74, 6) is -6.13. The number of benzene rings is 1. The Bertz CT molecular complexity index is 482. The highest BCUT2D eigenvalue weighted by Gasteiger charge is 2.28. The Hall–Kier alpha value is -1.23. The van der Waals surface area contributed by atoms with Crippen molar-refractivity contribution < 1.29 is 17.6 Å². The second-order valence-electron chi connectivity index (χ2n) is 4.26. The normalized spacial score (nSPS) is 12.2. The van der Waals surface area contributed by atoms with Crippen molar-refractivity contribution in [3.8, 4) is 0 Å². The van der Waals surface area contributed by atoms with E-state index in [9.17, 15) is 17.6 Å². The van der Waals surface area contributed by atoms with E-state index in [1.807, 2.05) is 0 Å². The molecule has 0 aromatic heterocycles. The van der Waals surface area contributed by atoms with E-state index in [4.69, 9.17) is 0 Å². The molecule has 5 heteroatoms. The Morgan fingerprint density at radius 3 is 2.00 bits per heavy atom. The van der Waals surface area contributed by atoms with Gasteiger partial charge in [-0.2, -0.15) is 0 Å². The average molecular weight is 304 g/mol. The Labute approximate surface area is 120 Å². The van der Waals surface area contributed by atoms with Gasteiger partial charge < -0.3 is 0 Å². The van der Waals surface area contributed by atoms with E-state index >= 15 is 0 Å². The molecule has 0 fully saturated rings. The number of halogens is 4. The molecule has 1 rings (SSSR count). The first kappa shape index (κ1) is 16.8. The molecule has 1 aromatic carbocycles. The molecular weight excluding hydrogens is 288 g/mol. The summed E-state index contributed by atoms with van der Waals surface area (Å²) in [4.78, 5) is -0.641. The van der Waals surface area contributed by atoms with E-state index in [0.29, 0.717) is 31.0 Å². The van der Waals surface area contributed by atoms with Crippen molar-refractivity contribution in [2.45, 2.75) is 30.1 Å². The van der Waals surface area contributed by atoms with Crippen LogP contribution in [0.1, 0.15) is 30.7 Å². The van der Waals surface area contributed by atoms with Gasteiger partial charge in [0.2, 0.25) is 0 Å². The number of hydrogen-bond acceptors (Lipinski definition) is 1. The zero-order valence-corrected chi connectivity index (χ0v) is 12.0. The molecule has 1 aromatic rings. The van der Waals surface area contributed by atoms with E-state index in [-0.39, 0.29) is 0 Å². The SMILES string of the molecule is C=CCCCC(C=C)c1c(F)c(F)c(SC)c(F)c1F. The van der Waals surface area contributed by atoms with Gasteiger partial charge in [0.1, 0.15) is 0 Å². The lowest BCUT2D eigenvalue weighted by molar-refractivity contribution is 0.406. The molecule has 0 amide bonds. The highest BCUT2D eigenvalue weighted by Crippen LogP contribution is 2.35. The number of unbranched alkanes of at least 4 members (excludes halogenated alkanes) is 1. The fourth-order valence-electron chi connectivity index (χ4n) is 2.00. The summed E-state index contributed by atoms with van der Waals surface area (Å²) in [6, 6.07) is 0. The Morgan fingerprint density at radius 1 is 1.05 bits per heavy atom. The predicted molar refractivity (Wildman–Crippen MR) is 75.0 cm³/mol. The third-order valence-corrected chi connectivity index (χ3v) is 3.81. The van der Waals surface area contributed by atoms with E-state index in [2.05, 4.69) is 13.2 Å². The minimum Gasteiger partial charge on any atom is -0.203 e. The molecule has 0 saturated carbocycles. The highest BCUT2D eigenvalue weighted by atomic mass is 32.2. The quantitative estimate of drug-likeness (QED) is 0.208. The lowest BCUT2D eigenvalue weighted by Crippen LogP contribution is -2.09. The van der Waals surface area contributed by atoms with E-state index in [1.165, 1.54) is 12.3 Å². The molecule has 110 valence electrons. The van der Waals surface area contributed by atoms with Crippen molar-refractivity contribution in [1.29, 1.82) is 0 Å². The van der Waals surface area contributed by atoms with Gasteiger partial charge in [0, 0.05) is 11.5 Å². The summed E-state index contributed by atoms with van der Waals surface area (Å²) < 4.78 is 55.4. The topological polar surface area (TPSA) is 0 Å². The van der Waals surface area contributed by atoms with Crippen molar-refractivity contribution in [3.63, 3.8) is 0 Å². The Balaban J connectivity index is 3.28. The summed E-state index contributed by atoms with van der Waals surface area (Å²) in [5, 5.41) is 0. The summed E-state index contributed by atoms with van der Waals surface area (Å²) in [7, 11) is 0. The maximum Gasteiger partial charge on any atom is 0.175 e. The molecule has 0 radical (unpaired) electrons. The van der Waals surface area contributed by atoms with Gasteiger partial charge in [-0.1, -0.05) is 12.2 Å². The molecule has 1 atom stereocenters. The molecule has 0 nitrogen and oxygen atoms in total. The first-order chi connectivity index (χ1) is 9.49. The zero-order chi connectivity index (χ0) is 15.3. The third kappa shape index (κ3) is 3.26. The molecule has 0 aliphatic carbocycles. The second-order valence-corrected chi connectivity index (χ2v) is 5.08. The Morgan fingerprint density at radius 2 is 1.60 bits per heavy atom. The maximum atomic E-state index is 14.0. The van der Waals surface area contributed by atoms with Crippen LogP contribution >= 0.6 is 11.8 Å². The van der Waals surface area contributed by atoms with Crippen molar-refractivity contribution >= 4 is 11.8 Å². The van der Waals surface area contributed by atoms with Gasteiger partial charge >= 0.3 is 0 Å². The summed E-state index contributed by atoms with van der Waals surface area (Å²) in [6.45, 7) is 7.04. The van der Waals surface area contributed by atoms with Crippen LogP contribution in [0.4, 0.5) is 17.6 Å². The monoisotopic (exact) mass is 304 g/mol. The van der Waals surface area contributed by atoms with Gasteiger partial charge in [-0.25, -0.2) is 17.6 Å². The molecule has 0 spiro atoms. The van der Waals surface area contributed by atoms with Gasteiger partial charge in [-0.05, 0) is 25.5 Å². The Kier molecular flexibility index (Phi) is 6.33. The third-order valence-electron chi connectivity index (χ3n) is 3.04. The molecule has 0 aliphatic heterocycles. The van der Waals surface area contributed by atoms with Crippen LogP contribution in [0.25, 0.3) is 0 Å². The van der Waals surface area contributed by atoms with E-state index in [1.54, 1.807) is 6.08 Å². The van der Waals surface area contributed by atoms with E-state index in [0.717, 1.165) is 0 Å². The maximum absolute atomic E-state index is 14.0. The van der Waals surface area contributed by atoms with Crippen LogP contribution in [0.3, 0.4) is 0 Å². The molecule has 0 heterocycles. The first-order valence-electron chi connectivity index (χ1n) is 6.12. The predicted octanol–water partition coefficient (Wildman–Crippen LogP) is 5.59. The van der Waals surface area contributed by atoms with Crippen LogP contribution in [0.15, 0.2) is 30.2 Å². The smallest absolute Gasteiger partial charge is 0.175 e. The molecule has 0 aliphatic rings. The molecule has 0 bridgehead atoms. The van der Waals surface area contributed by atoms with Gasteiger partial charge in [-0.3, -0.25) is 0 Å². The first-order valence-corrected chi connectivity index (χ1v) is 7.35. The summed E-state index contributed by atoms with van der Waals surface area (Å²) >= 11 is 0.631. The van der Waals surface area contributed by atoms with Gasteiger partial charge in [-0.15, -0.1) is 24.9 Å². The van der Waals surface area contributed by atoms with Crippen LogP contribution in [0.2, 0.25) is 0 Å². The average Bonchev–Trinajstić information content (AvgIpc) is 2.44. The zero-order valence-electron chi connectivity index (χ0n) is 11.2. The highest BCUT2D eigenvalue weighted by molar-refractivity contribution is 7.98. The molecular formula is C15H16F4S. The number of hydrogen-bond donors (Lipinski definition) is 0. The van der Waals surface area contributed by atoms with Crippen LogP contribution in [-0.2, 0) is 0 Å². The van der Waals surface area contributed by atoms with Gasteiger partial charge in [0.15, 0.2) is 23.3 Å².